The van der Waals surface area contributed by atoms with Gasteiger partial charge in [0.25, 0.3) is 12.0 Å². The van der Waals surface area contributed by atoms with Gasteiger partial charge in [-0.1, -0.05) is 0 Å². The molecular weight excluding hydrogens is 290 g/mol. The second-order valence-electron chi connectivity index (χ2n) is 3.51. The number of ketones is 1. The van der Waals surface area contributed by atoms with E-state index in [9.17, 15) is 39.9 Å². The fourth-order valence-electron chi connectivity index (χ4n) is 1.16. The first-order valence-corrected chi connectivity index (χ1v) is 4.57. The highest BCUT2D eigenvalue weighted by molar-refractivity contribution is 6.00. The molecule has 0 spiro atoms. The normalized spacial score (nSPS) is 15.4. The second-order valence-corrected chi connectivity index (χ2v) is 3.51. The minimum atomic E-state index is -6.22. The van der Waals surface area contributed by atoms with Gasteiger partial charge in [-0.2, -0.15) is 30.7 Å². The van der Waals surface area contributed by atoms with Gasteiger partial charge in [-0.15, -0.1) is 0 Å². The molecule has 1 aromatic rings. The zero-order chi connectivity index (χ0) is 15.1. The van der Waals surface area contributed by atoms with Gasteiger partial charge in [0.2, 0.25) is 0 Å². The average Bonchev–Trinajstić information content (AvgIpc) is 2.78. The van der Waals surface area contributed by atoms with Crippen LogP contribution in [0.25, 0.3) is 0 Å². The molecule has 0 aromatic carbocycles. The van der Waals surface area contributed by atoms with Crippen molar-refractivity contribution in [2.24, 2.45) is 0 Å². The second kappa shape index (κ2) is 4.49. The number of carbonyl (C=O) groups excluding carboxylic acids is 1. The lowest BCUT2D eigenvalue weighted by Crippen LogP contribution is -2.57. The number of hydrogen-bond donors (Lipinski definition) is 1. The molecule has 19 heavy (non-hydrogen) atoms. The number of aromatic nitrogens is 1. The lowest BCUT2D eigenvalue weighted by Gasteiger charge is -2.28. The Morgan fingerprint density at radius 3 is 2.00 bits per heavy atom. The molecule has 0 saturated carbocycles. The standard InChI is InChI=1S/C9H5F8NO/c10-6(9(15,16)17)8(13,14)7(11,12)5(19)4-2-1-3-18-4/h1-3,6,18H. The molecule has 0 radical (unpaired) electrons. The van der Waals surface area contributed by atoms with E-state index in [-0.39, 0.29) is 0 Å². The fourth-order valence-corrected chi connectivity index (χ4v) is 1.16. The van der Waals surface area contributed by atoms with Crippen LogP contribution in [0, 0.1) is 0 Å². The Bertz CT molecular complexity index is 449. The fraction of sp³-hybridized carbons (Fsp3) is 0.444. The lowest BCUT2D eigenvalue weighted by molar-refractivity contribution is -0.291. The topological polar surface area (TPSA) is 32.9 Å². The molecule has 0 aliphatic heterocycles. The van der Waals surface area contributed by atoms with Crippen molar-refractivity contribution in [3.63, 3.8) is 0 Å². The van der Waals surface area contributed by atoms with Crippen LogP contribution >= 0.6 is 0 Å². The van der Waals surface area contributed by atoms with Crippen molar-refractivity contribution in [3.8, 4) is 0 Å². The van der Waals surface area contributed by atoms with Gasteiger partial charge in [0.05, 0.1) is 5.69 Å². The molecule has 0 amide bonds. The van der Waals surface area contributed by atoms with Gasteiger partial charge in [-0.25, -0.2) is 4.39 Å². The molecule has 0 bridgehead atoms. The maximum absolute atomic E-state index is 13.1. The van der Waals surface area contributed by atoms with Crippen LogP contribution in [0.15, 0.2) is 18.3 Å². The van der Waals surface area contributed by atoms with Crippen molar-refractivity contribution in [3.05, 3.63) is 24.0 Å². The highest BCUT2D eigenvalue weighted by atomic mass is 19.4. The number of hydrogen-bond acceptors (Lipinski definition) is 1. The van der Waals surface area contributed by atoms with E-state index in [2.05, 4.69) is 0 Å². The summed E-state index contributed by atoms with van der Waals surface area (Å²) in [7, 11) is 0. The summed E-state index contributed by atoms with van der Waals surface area (Å²) >= 11 is 0. The van der Waals surface area contributed by atoms with Crippen LogP contribution in [0.1, 0.15) is 10.5 Å². The van der Waals surface area contributed by atoms with E-state index in [0.717, 1.165) is 12.3 Å². The predicted molar refractivity (Wildman–Crippen MR) is 46.0 cm³/mol. The molecule has 1 heterocycles. The van der Waals surface area contributed by atoms with Crippen LogP contribution in [0.2, 0.25) is 0 Å². The number of nitrogens with one attached hydrogen (secondary N) is 1. The third-order valence-electron chi connectivity index (χ3n) is 2.15. The van der Waals surface area contributed by atoms with E-state index < -0.39 is 35.7 Å². The van der Waals surface area contributed by atoms with E-state index in [1.807, 2.05) is 4.98 Å². The molecule has 1 aromatic heterocycles. The first kappa shape index (κ1) is 15.4. The third-order valence-corrected chi connectivity index (χ3v) is 2.15. The van der Waals surface area contributed by atoms with Crippen molar-refractivity contribution in [2.45, 2.75) is 24.2 Å². The van der Waals surface area contributed by atoms with E-state index in [1.54, 1.807) is 0 Å². The highest BCUT2D eigenvalue weighted by Gasteiger charge is 2.72. The minimum absolute atomic E-state index is 0.646. The number of rotatable bonds is 4. The largest absolute Gasteiger partial charge is 0.425 e. The SMILES string of the molecule is O=C(c1ccc[nH]1)C(F)(F)C(F)(F)C(F)C(F)(F)F. The molecule has 0 aliphatic carbocycles. The Morgan fingerprint density at radius 1 is 1.11 bits per heavy atom. The quantitative estimate of drug-likeness (QED) is 0.670. The van der Waals surface area contributed by atoms with Gasteiger partial charge in [-0.3, -0.25) is 4.79 Å². The summed E-state index contributed by atoms with van der Waals surface area (Å²) in [5, 5.41) is 0. The van der Waals surface area contributed by atoms with Gasteiger partial charge in [-0.05, 0) is 12.1 Å². The van der Waals surface area contributed by atoms with Crippen LogP contribution in [-0.4, -0.2) is 35.0 Å². The van der Waals surface area contributed by atoms with Crippen LogP contribution in [0.5, 0.6) is 0 Å². The van der Waals surface area contributed by atoms with E-state index in [1.165, 1.54) is 0 Å². The van der Waals surface area contributed by atoms with Gasteiger partial charge in [0.1, 0.15) is 0 Å². The Labute approximate surface area is 100.0 Å². The summed E-state index contributed by atoms with van der Waals surface area (Å²) in [6.45, 7) is 0. The number of halogens is 8. The van der Waals surface area contributed by atoms with E-state index in [0.29, 0.717) is 6.07 Å². The van der Waals surface area contributed by atoms with Crippen molar-refractivity contribution < 1.29 is 39.9 Å². The molecule has 0 aliphatic rings. The molecule has 0 saturated heterocycles. The maximum atomic E-state index is 13.1. The minimum Gasteiger partial charge on any atom is -0.359 e. The van der Waals surface area contributed by atoms with Gasteiger partial charge < -0.3 is 4.98 Å². The number of carbonyl (C=O) groups is 1. The lowest BCUT2D eigenvalue weighted by atomic mass is 10.0. The zero-order valence-corrected chi connectivity index (χ0v) is 8.74. The van der Waals surface area contributed by atoms with E-state index >= 15 is 0 Å². The number of Topliss-reactive ketones (excluding diaryl/α,β-unsaturated/α-hetero) is 1. The summed E-state index contributed by atoms with van der Waals surface area (Å²) in [6.07, 6.45) is -10.5. The molecule has 1 unspecified atom stereocenters. The van der Waals surface area contributed by atoms with Gasteiger partial charge >= 0.3 is 18.0 Å². The van der Waals surface area contributed by atoms with Crippen molar-refractivity contribution in [2.75, 3.05) is 0 Å². The summed E-state index contributed by atoms with van der Waals surface area (Å²) in [5.41, 5.74) is -1.06. The van der Waals surface area contributed by atoms with Crippen LogP contribution in [-0.2, 0) is 0 Å². The van der Waals surface area contributed by atoms with Crippen LogP contribution in [0.4, 0.5) is 35.1 Å². The monoisotopic (exact) mass is 295 g/mol. The highest BCUT2D eigenvalue weighted by Crippen LogP contribution is 2.45. The molecule has 1 rings (SSSR count). The van der Waals surface area contributed by atoms with Crippen molar-refractivity contribution in [1.82, 2.24) is 4.98 Å². The van der Waals surface area contributed by atoms with Crippen LogP contribution in [0.3, 0.4) is 0 Å². The Kier molecular flexibility index (Phi) is 3.65. The number of H-pyrrole nitrogens is 1. The summed E-state index contributed by atoms with van der Waals surface area (Å²) in [4.78, 5) is 12.8. The molecule has 0 fully saturated rings. The third kappa shape index (κ3) is 2.56. The van der Waals surface area contributed by atoms with E-state index in [4.69, 9.17) is 0 Å². The first-order valence-electron chi connectivity index (χ1n) is 4.57. The smallest absolute Gasteiger partial charge is 0.359 e. The zero-order valence-electron chi connectivity index (χ0n) is 8.74. The van der Waals surface area contributed by atoms with Gasteiger partial charge in [0, 0.05) is 6.20 Å². The average molecular weight is 295 g/mol. The van der Waals surface area contributed by atoms with Gasteiger partial charge in [0.15, 0.2) is 0 Å². The van der Waals surface area contributed by atoms with Crippen molar-refractivity contribution in [1.29, 1.82) is 0 Å². The Balaban J connectivity index is 3.14. The molecule has 1 N–H and O–H groups in total. The van der Waals surface area contributed by atoms with Crippen LogP contribution < -0.4 is 0 Å². The Morgan fingerprint density at radius 2 is 1.63 bits per heavy atom. The molecule has 108 valence electrons. The predicted octanol–water partition coefficient (Wildman–Crippen LogP) is 3.37. The summed E-state index contributed by atoms with van der Waals surface area (Å²) in [6, 6.07) is 1.63. The molecular formula is C9H5F8NO. The molecule has 10 heteroatoms. The van der Waals surface area contributed by atoms with Crippen molar-refractivity contribution >= 4 is 5.78 Å². The molecule has 1 atom stereocenters. The summed E-state index contributed by atoms with van der Waals surface area (Å²) < 4.78 is 99.7. The number of aromatic amines is 1. The summed E-state index contributed by atoms with van der Waals surface area (Å²) in [5.74, 6) is -14.7. The first-order chi connectivity index (χ1) is 8.42. The maximum Gasteiger partial charge on any atom is 0.425 e. The number of alkyl halides is 8. The Hall–Kier alpha value is -1.61. The molecule has 2 nitrogen and oxygen atoms in total.